The lowest BCUT2D eigenvalue weighted by Crippen LogP contribution is -2.34. The van der Waals surface area contributed by atoms with Gasteiger partial charge in [0.2, 0.25) is 0 Å². The third kappa shape index (κ3) is 2.32. The molecular formula is C14H17BrN2. The predicted octanol–water partition coefficient (Wildman–Crippen LogP) is 4.09. The summed E-state index contributed by atoms with van der Waals surface area (Å²) < 4.78 is 1.04. The average Bonchev–Trinajstić information content (AvgIpc) is 2.70. The van der Waals surface area contributed by atoms with Crippen LogP contribution in [0.4, 0.5) is 5.69 Å². The zero-order chi connectivity index (χ0) is 12.4. The highest BCUT2D eigenvalue weighted by atomic mass is 79.9. The van der Waals surface area contributed by atoms with Gasteiger partial charge in [0.05, 0.1) is 11.3 Å². The monoisotopic (exact) mass is 292 g/mol. The zero-order valence-corrected chi connectivity index (χ0v) is 11.9. The second kappa shape index (κ2) is 5.10. The molecular weight excluding hydrogens is 276 g/mol. The van der Waals surface area contributed by atoms with E-state index in [0.29, 0.717) is 12.1 Å². The molecule has 1 fully saturated rings. The number of anilines is 1. The van der Waals surface area contributed by atoms with E-state index in [1.165, 1.54) is 12.8 Å². The number of hydrogen-bond donors (Lipinski definition) is 0. The number of benzene rings is 1. The molecule has 0 saturated carbocycles. The molecule has 3 heteroatoms. The smallest absolute Gasteiger partial charge is 0.101 e. The number of halogens is 1. The topological polar surface area (TPSA) is 27.0 Å². The standard InChI is InChI=1S/C14H17BrN2/c1-3-13-7-4-10(2)17(13)14-8-12(15)6-5-11(14)9-16/h5-6,8,10,13H,3-4,7H2,1-2H3. The van der Waals surface area contributed by atoms with E-state index >= 15 is 0 Å². The molecule has 17 heavy (non-hydrogen) atoms. The van der Waals surface area contributed by atoms with Crippen LogP contribution < -0.4 is 4.90 Å². The van der Waals surface area contributed by atoms with Gasteiger partial charge in [-0.3, -0.25) is 0 Å². The molecule has 1 aliphatic rings. The van der Waals surface area contributed by atoms with Gasteiger partial charge in [-0.15, -0.1) is 0 Å². The molecule has 0 bridgehead atoms. The highest BCUT2D eigenvalue weighted by Gasteiger charge is 2.30. The number of nitrogens with zero attached hydrogens (tertiary/aromatic N) is 2. The largest absolute Gasteiger partial charge is 0.365 e. The molecule has 2 atom stereocenters. The number of rotatable bonds is 2. The van der Waals surface area contributed by atoms with Crippen molar-refractivity contribution in [2.75, 3.05) is 4.90 Å². The Kier molecular flexibility index (Phi) is 3.73. The molecule has 1 saturated heterocycles. The normalized spacial score (nSPS) is 23.8. The maximum atomic E-state index is 9.22. The van der Waals surface area contributed by atoms with E-state index in [0.717, 1.165) is 22.1 Å². The van der Waals surface area contributed by atoms with Gasteiger partial charge < -0.3 is 4.90 Å². The molecule has 0 radical (unpaired) electrons. The van der Waals surface area contributed by atoms with Crippen LogP contribution in [0.1, 0.15) is 38.7 Å². The number of hydrogen-bond acceptors (Lipinski definition) is 2. The lowest BCUT2D eigenvalue weighted by Gasteiger charge is -2.31. The van der Waals surface area contributed by atoms with E-state index in [2.05, 4.69) is 46.8 Å². The van der Waals surface area contributed by atoms with E-state index in [4.69, 9.17) is 0 Å². The average molecular weight is 293 g/mol. The van der Waals surface area contributed by atoms with Gasteiger partial charge in [-0.2, -0.15) is 5.26 Å². The highest BCUT2D eigenvalue weighted by Crippen LogP contribution is 2.35. The summed E-state index contributed by atoms with van der Waals surface area (Å²) in [5.74, 6) is 0. The van der Waals surface area contributed by atoms with Gasteiger partial charge >= 0.3 is 0 Å². The van der Waals surface area contributed by atoms with Crippen molar-refractivity contribution in [1.82, 2.24) is 0 Å². The third-order valence-corrected chi connectivity index (χ3v) is 4.11. The molecule has 2 rings (SSSR count). The molecule has 1 aliphatic heterocycles. The van der Waals surface area contributed by atoms with Crippen LogP contribution in [0.5, 0.6) is 0 Å². The minimum atomic E-state index is 0.529. The lowest BCUT2D eigenvalue weighted by molar-refractivity contribution is 0.627. The van der Waals surface area contributed by atoms with E-state index < -0.39 is 0 Å². The van der Waals surface area contributed by atoms with Crippen molar-refractivity contribution >= 4 is 21.6 Å². The quantitative estimate of drug-likeness (QED) is 0.821. The fraction of sp³-hybridized carbons (Fsp3) is 0.500. The van der Waals surface area contributed by atoms with Gasteiger partial charge in [0.25, 0.3) is 0 Å². The molecule has 1 heterocycles. The Hall–Kier alpha value is -1.01. The van der Waals surface area contributed by atoms with Crippen molar-refractivity contribution in [3.05, 3.63) is 28.2 Å². The fourth-order valence-electron chi connectivity index (χ4n) is 2.72. The summed E-state index contributed by atoms with van der Waals surface area (Å²) in [7, 11) is 0. The van der Waals surface area contributed by atoms with Crippen LogP contribution in [0.25, 0.3) is 0 Å². The maximum absolute atomic E-state index is 9.22. The molecule has 0 N–H and O–H groups in total. The van der Waals surface area contributed by atoms with Crippen molar-refractivity contribution in [2.24, 2.45) is 0 Å². The maximum Gasteiger partial charge on any atom is 0.101 e. The molecule has 1 aromatic carbocycles. The van der Waals surface area contributed by atoms with E-state index in [1.54, 1.807) is 0 Å². The zero-order valence-electron chi connectivity index (χ0n) is 10.3. The predicted molar refractivity (Wildman–Crippen MR) is 74.1 cm³/mol. The van der Waals surface area contributed by atoms with Crippen LogP contribution >= 0.6 is 15.9 Å². The van der Waals surface area contributed by atoms with E-state index in [-0.39, 0.29) is 0 Å². The second-order valence-corrected chi connectivity index (χ2v) is 5.58. The fourth-order valence-corrected chi connectivity index (χ4v) is 3.07. The summed E-state index contributed by atoms with van der Waals surface area (Å²) in [5.41, 5.74) is 1.86. The van der Waals surface area contributed by atoms with Crippen LogP contribution in [-0.2, 0) is 0 Å². The van der Waals surface area contributed by atoms with Crippen LogP contribution in [0, 0.1) is 11.3 Å². The molecule has 90 valence electrons. The third-order valence-electron chi connectivity index (χ3n) is 3.62. The Morgan fingerprint density at radius 2 is 2.24 bits per heavy atom. The Bertz CT molecular complexity index is 450. The summed E-state index contributed by atoms with van der Waals surface area (Å²) in [5, 5.41) is 9.22. The summed E-state index contributed by atoms with van der Waals surface area (Å²) in [6, 6.07) is 9.31. The van der Waals surface area contributed by atoms with Crippen molar-refractivity contribution < 1.29 is 0 Å². The Morgan fingerprint density at radius 3 is 2.88 bits per heavy atom. The van der Waals surface area contributed by atoms with Crippen LogP contribution in [-0.4, -0.2) is 12.1 Å². The summed E-state index contributed by atoms with van der Waals surface area (Å²) in [6.07, 6.45) is 3.59. The van der Waals surface area contributed by atoms with Crippen LogP contribution in [0.3, 0.4) is 0 Å². The van der Waals surface area contributed by atoms with Crippen LogP contribution in [0.15, 0.2) is 22.7 Å². The summed E-state index contributed by atoms with van der Waals surface area (Å²) in [6.45, 7) is 4.47. The van der Waals surface area contributed by atoms with Gasteiger partial charge in [0, 0.05) is 16.6 Å². The first-order valence-electron chi connectivity index (χ1n) is 6.15. The summed E-state index contributed by atoms with van der Waals surface area (Å²) in [4.78, 5) is 2.42. The molecule has 0 aromatic heterocycles. The SMILES string of the molecule is CCC1CCC(C)N1c1cc(Br)ccc1C#N. The Balaban J connectivity index is 2.44. The molecule has 0 amide bonds. The van der Waals surface area contributed by atoms with Gasteiger partial charge in [-0.25, -0.2) is 0 Å². The van der Waals surface area contributed by atoms with Crippen molar-refractivity contribution in [1.29, 1.82) is 5.26 Å². The second-order valence-electron chi connectivity index (χ2n) is 4.67. The lowest BCUT2D eigenvalue weighted by atomic mass is 10.1. The molecule has 2 unspecified atom stereocenters. The van der Waals surface area contributed by atoms with Crippen molar-refractivity contribution in [2.45, 2.75) is 45.2 Å². The van der Waals surface area contributed by atoms with Crippen molar-refractivity contribution in [3.63, 3.8) is 0 Å². The molecule has 0 spiro atoms. The number of nitriles is 1. The van der Waals surface area contributed by atoms with Gasteiger partial charge in [0.1, 0.15) is 6.07 Å². The van der Waals surface area contributed by atoms with Gasteiger partial charge in [0.15, 0.2) is 0 Å². The molecule has 1 aromatic rings. The minimum Gasteiger partial charge on any atom is -0.365 e. The molecule has 0 aliphatic carbocycles. The van der Waals surface area contributed by atoms with Crippen molar-refractivity contribution in [3.8, 4) is 6.07 Å². The molecule has 2 nitrogen and oxygen atoms in total. The first-order valence-corrected chi connectivity index (χ1v) is 6.94. The Morgan fingerprint density at radius 1 is 1.47 bits per heavy atom. The van der Waals surface area contributed by atoms with Crippen LogP contribution in [0.2, 0.25) is 0 Å². The highest BCUT2D eigenvalue weighted by molar-refractivity contribution is 9.10. The first-order chi connectivity index (χ1) is 8.17. The van der Waals surface area contributed by atoms with Gasteiger partial charge in [-0.05, 0) is 44.4 Å². The van der Waals surface area contributed by atoms with Gasteiger partial charge in [-0.1, -0.05) is 22.9 Å². The minimum absolute atomic E-state index is 0.529. The van der Waals surface area contributed by atoms with E-state index in [9.17, 15) is 5.26 Å². The summed E-state index contributed by atoms with van der Waals surface area (Å²) >= 11 is 3.50. The van der Waals surface area contributed by atoms with E-state index in [1.807, 2.05) is 12.1 Å². The first kappa shape index (κ1) is 12.4. The Labute approximate surface area is 111 Å².